The highest BCUT2D eigenvalue weighted by Crippen LogP contribution is 2.37. The second-order valence-corrected chi connectivity index (χ2v) is 9.63. The number of aromatic hydroxyl groups is 2. The molecular weight excluding hydrogens is 552 g/mol. The third-order valence-corrected chi connectivity index (χ3v) is 7.22. The monoisotopic (exact) mass is 574 g/mol. The lowest BCUT2D eigenvalue weighted by Crippen LogP contribution is -2.35. The van der Waals surface area contributed by atoms with Crippen molar-refractivity contribution in [3.8, 4) is 23.0 Å². The van der Waals surface area contributed by atoms with Gasteiger partial charge in [0.2, 0.25) is 0 Å². The van der Waals surface area contributed by atoms with E-state index in [9.17, 15) is 19.8 Å². The lowest BCUT2D eigenvalue weighted by molar-refractivity contribution is -0.138. The third-order valence-electron chi connectivity index (χ3n) is 5.63. The second kappa shape index (κ2) is 10.2. The number of aromatic nitrogens is 1. The van der Waals surface area contributed by atoms with E-state index in [0.29, 0.717) is 30.6 Å². The van der Waals surface area contributed by atoms with Crippen LogP contribution in [0.5, 0.6) is 23.0 Å². The summed E-state index contributed by atoms with van der Waals surface area (Å²) in [5, 5.41) is 20.1. The van der Waals surface area contributed by atoms with Crippen LogP contribution in [0.15, 0.2) is 50.2 Å². The Morgan fingerprint density at radius 1 is 1.19 bits per heavy atom. The van der Waals surface area contributed by atoms with Gasteiger partial charge in [-0.2, -0.15) is 0 Å². The van der Waals surface area contributed by atoms with Gasteiger partial charge in [0.05, 0.1) is 35.4 Å². The van der Waals surface area contributed by atoms with E-state index >= 15 is 0 Å². The zero-order valence-electron chi connectivity index (χ0n) is 19.9. The highest BCUT2D eigenvalue weighted by molar-refractivity contribution is 9.10. The number of thiazole rings is 1. The number of methoxy groups -OCH3 is 2. The normalized spacial score (nSPS) is 15.4. The number of phenols is 2. The summed E-state index contributed by atoms with van der Waals surface area (Å²) in [6.45, 7) is 3.53. The molecule has 4 rings (SSSR count). The number of phenolic OH excluding ortho intramolecular Hbond substituents is 2. The topological polar surface area (TPSA) is 120 Å². The highest BCUT2D eigenvalue weighted by Gasteiger charge is 2.32. The second-order valence-electron chi connectivity index (χ2n) is 7.77. The quantitative estimate of drug-likeness (QED) is 0.434. The van der Waals surface area contributed by atoms with Gasteiger partial charge in [0, 0.05) is 5.70 Å². The average Bonchev–Trinajstić information content (AvgIpc) is 3.16. The number of ether oxygens (including phenoxy) is 3. The number of fused-ring (bicyclic) bond motifs is 1. The molecule has 1 aromatic heterocycles. The summed E-state index contributed by atoms with van der Waals surface area (Å²) in [4.78, 5) is 31.5. The number of esters is 1. The average molecular weight is 575 g/mol. The molecule has 1 aliphatic heterocycles. The molecule has 0 radical (unpaired) electrons. The first-order valence-corrected chi connectivity index (χ1v) is 12.4. The molecule has 2 N–H and O–H groups in total. The van der Waals surface area contributed by atoms with Crippen LogP contribution in [0.4, 0.5) is 0 Å². The Morgan fingerprint density at radius 2 is 1.92 bits per heavy atom. The minimum Gasteiger partial charge on any atom is -0.504 e. The maximum Gasteiger partial charge on any atom is 0.338 e. The number of carbonyl (C=O) groups excluding carboxylic acids is 1. The zero-order chi connectivity index (χ0) is 26.1. The summed E-state index contributed by atoms with van der Waals surface area (Å²) >= 11 is 4.46. The van der Waals surface area contributed by atoms with Crippen LogP contribution in [0.2, 0.25) is 0 Å². The van der Waals surface area contributed by atoms with Crippen LogP contribution in [0, 0.1) is 0 Å². The SMILES string of the molecule is CCOC(=O)C1=C(C)n2c(s/c(=C/c3cc(Br)c(O)c(OC)c3)c2=O)=N[C@H]1c1ccc(O)c(OC)c1. The highest BCUT2D eigenvalue weighted by atomic mass is 79.9. The van der Waals surface area contributed by atoms with E-state index in [1.165, 1.54) is 36.2 Å². The molecule has 0 saturated heterocycles. The van der Waals surface area contributed by atoms with Crippen molar-refractivity contribution >= 4 is 45.0 Å². The van der Waals surface area contributed by atoms with Gasteiger partial charge in [-0.1, -0.05) is 17.4 Å². The van der Waals surface area contributed by atoms with Crippen molar-refractivity contribution in [3.05, 3.63) is 71.2 Å². The molecule has 0 spiro atoms. The van der Waals surface area contributed by atoms with E-state index in [4.69, 9.17) is 19.2 Å². The molecule has 0 unspecified atom stereocenters. The lowest BCUT2D eigenvalue weighted by atomic mass is 9.96. The number of rotatable bonds is 6. The Morgan fingerprint density at radius 3 is 2.58 bits per heavy atom. The van der Waals surface area contributed by atoms with Crippen LogP contribution in [-0.4, -0.2) is 41.6 Å². The van der Waals surface area contributed by atoms with Crippen LogP contribution < -0.4 is 24.4 Å². The van der Waals surface area contributed by atoms with E-state index in [1.807, 2.05) is 0 Å². The molecule has 1 aliphatic rings. The maximum atomic E-state index is 13.4. The number of hydrogen-bond acceptors (Lipinski definition) is 9. The predicted molar refractivity (Wildman–Crippen MR) is 138 cm³/mol. The minimum absolute atomic E-state index is 0.0446. The summed E-state index contributed by atoms with van der Waals surface area (Å²) in [6.07, 6.45) is 1.66. The summed E-state index contributed by atoms with van der Waals surface area (Å²) in [7, 11) is 2.87. The summed E-state index contributed by atoms with van der Waals surface area (Å²) in [5.41, 5.74) is 1.50. The minimum atomic E-state index is -0.771. The molecule has 0 aliphatic carbocycles. The Bertz CT molecular complexity index is 1570. The predicted octanol–water partition coefficient (Wildman–Crippen LogP) is 3.10. The van der Waals surface area contributed by atoms with Gasteiger partial charge in [0.1, 0.15) is 6.04 Å². The first-order chi connectivity index (χ1) is 17.2. The van der Waals surface area contributed by atoms with E-state index in [0.717, 1.165) is 0 Å². The smallest absolute Gasteiger partial charge is 0.338 e. The number of benzene rings is 2. The lowest BCUT2D eigenvalue weighted by Gasteiger charge is -2.22. The van der Waals surface area contributed by atoms with Gasteiger partial charge in [-0.25, -0.2) is 9.79 Å². The molecule has 0 saturated carbocycles. The van der Waals surface area contributed by atoms with Crippen LogP contribution >= 0.6 is 27.3 Å². The summed E-state index contributed by atoms with van der Waals surface area (Å²) in [5.74, 6) is -0.188. The molecule has 1 atom stereocenters. The molecule has 188 valence electrons. The van der Waals surface area contributed by atoms with Crippen molar-refractivity contribution in [3.63, 3.8) is 0 Å². The van der Waals surface area contributed by atoms with Crippen molar-refractivity contribution in [1.82, 2.24) is 4.57 Å². The first kappa shape index (κ1) is 25.5. The fourth-order valence-corrected chi connectivity index (χ4v) is 5.41. The van der Waals surface area contributed by atoms with Gasteiger partial charge in [-0.15, -0.1) is 0 Å². The largest absolute Gasteiger partial charge is 0.504 e. The first-order valence-electron chi connectivity index (χ1n) is 10.8. The maximum absolute atomic E-state index is 13.4. The molecule has 9 nitrogen and oxygen atoms in total. The number of hydrogen-bond donors (Lipinski definition) is 2. The van der Waals surface area contributed by atoms with Crippen molar-refractivity contribution < 1.29 is 29.2 Å². The third kappa shape index (κ3) is 4.51. The van der Waals surface area contributed by atoms with Gasteiger partial charge in [0.25, 0.3) is 5.56 Å². The molecule has 2 heterocycles. The van der Waals surface area contributed by atoms with Gasteiger partial charge in [0.15, 0.2) is 27.8 Å². The molecular formula is C25H23BrN2O7S. The molecule has 2 aromatic carbocycles. The van der Waals surface area contributed by atoms with Crippen LogP contribution in [0.25, 0.3) is 11.8 Å². The molecule has 0 bridgehead atoms. The van der Waals surface area contributed by atoms with Crippen LogP contribution in [0.3, 0.4) is 0 Å². The Kier molecular flexibility index (Phi) is 7.23. The molecule has 11 heteroatoms. The Hall–Kier alpha value is -3.57. The van der Waals surface area contributed by atoms with Gasteiger partial charge in [-0.05, 0) is 71.2 Å². The van der Waals surface area contributed by atoms with E-state index in [2.05, 4.69) is 15.9 Å². The van der Waals surface area contributed by atoms with Crippen molar-refractivity contribution in [2.24, 2.45) is 4.99 Å². The molecule has 0 amide bonds. The standard InChI is InChI=1S/C25H23BrN2O7S/c1-5-35-24(32)20-12(2)28-23(31)19(10-13-8-15(26)22(30)18(9-13)34-4)36-25(28)27-21(20)14-6-7-16(29)17(11-14)33-3/h6-11,21,29-30H,5H2,1-4H3/b19-10+/t21-/m0/s1. The van der Waals surface area contributed by atoms with Crippen molar-refractivity contribution in [1.29, 1.82) is 0 Å². The fraction of sp³-hybridized carbons (Fsp3) is 0.240. The van der Waals surface area contributed by atoms with Crippen LogP contribution in [-0.2, 0) is 9.53 Å². The molecule has 36 heavy (non-hydrogen) atoms. The zero-order valence-corrected chi connectivity index (χ0v) is 22.3. The number of nitrogens with zero attached hydrogens (tertiary/aromatic N) is 2. The Balaban J connectivity index is 1.96. The summed E-state index contributed by atoms with van der Waals surface area (Å²) in [6, 6.07) is 7.21. The summed E-state index contributed by atoms with van der Waals surface area (Å²) < 4.78 is 17.9. The van der Waals surface area contributed by atoms with E-state index < -0.39 is 12.0 Å². The van der Waals surface area contributed by atoms with Gasteiger partial charge in [-0.3, -0.25) is 9.36 Å². The van der Waals surface area contributed by atoms with Crippen molar-refractivity contribution in [2.45, 2.75) is 19.9 Å². The van der Waals surface area contributed by atoms with Crippen molar-refractivity contribution in [2.75, 3.05) is 20.8 Å². The molecule has 0 fully saturated rings. The Labute approximate surface area is 218 Å². The van der Waals surface area contributed by atoms with E-state index in [-0.39, 0.29) is 40.7 Å². The van der Waals surface area contributed by atoms with Gasteiger partial charge >= 0.3 is 5.97 Å². The number of allylic oxidation sites excluding steroid dienone is 1. The van der Waals surface area contributed by atoms with Gasteiger partial charge < -0.3 is 24.4 Å². The van der Waals surface area contributed by atoms with E-state index in [1.54, 1.807) is 44.2 Å². The van der Waals surface area contributed by atoms with Crippen LogP contribution in [0.1, 0.15) is 31.0 Å². The fourth-order valence-electron chi connectivity index (χ4n) is 3.91. The number of carbonyl (C=O) groups is 1. The number of halogens is 1. The molecule has 3 aromatic rings.